The topological polar surface area (TPSA) is 94.7 Å². The van der Waals surface area contributed by atoms with Gasteiger partial charge in [-0.25, -0.2) is 14.2 Å². The van der Waals surface area contributed by atoms with Crippen molar-refractivity contribution < 1.29 is 19.0 Å². The molecule has 0 atom stereocenters. The van der Waals surface area contributed by atoms with Gasteiger partial charge in [0.15, 0.2) is 22.9 Å². The number of amidine groups is 1. The van der Waals surface area contributed by atoms with E-state index in [9.17, 15) is 14.3 Å². The van der Waals surface area contributed by atoms with Crippen molar-refractivity contribution in [3.8, 4) is 11.9 Å². The summed E-state index contributed by atoms with van der Waals surface area (Å²) in [6, 6.07) is 2.01. The van der Waals surface area contributed by atoms with E-state index in [4.69, 9.17) is 5.26 Å². The number of phenols is 1. The number of hydrogen-bond acceptors (Lipinski definition) is 6. The molecule has 0 saturated carbocycles. The largest absolute Gasteiger partial charge is 0.503 e. The van der Waals surface area contributed by atoms with Crippen LogP contribution in [0.25, 0.3) is 0 Å². The fourth-order valence-corrected chi connectivity index (χ4v) is 1.52. The summed E-state index contributed by atoms with van der Waals surface area (Å²) < 4.78 is 17.9. The van der Waals surface area contributed by atoms with Crippen LogP contribution in [-0.2, 0) is 4.74 Å². The van der Waals surface area contributed by atoms with Gasteiger partial charge < -0.3 is 9.84 Å². The molecule has 6 nitrogen and oxygen atoms in total. The lowest BCUT2D eigenvalue weighted by Gasteiger charge is -2.06. The Hall–Kier alpha value is -2.27. The first-order chi connectivity index (χ1) is 9.03. The van der Waals surface area contributed by atoms with Gasteiger partial charge in [0.05, 0.1) is 12.7 Å². The minimum absolute atomic E-state index is 0.0889. The minimum Gasteiger partial charge on any atom is -0.503 e. The molecule has 1 aromatic carbocycles. The van der Waals surface area contributed by atoms with E-state index in [0.717, 1.165) is 24.9 Å². The molecule has 0 amide bonds. The van der Waals surface area contributed by atoms with Crippen molar-refractivity contribution in [3.05, 3.63) is 23.5 Å². The Morgan fingerprint density at radius 2 is 2.32 bits per heavy atom. The maximum absolute atomic E-state index is 13.5. The fourth-order valence-electron chi connectivity index (χ4n) is 1.19. The highest BCUT2D eigenvalue weighted by atomic mass is 32.2. The highest BCUT2D eigenvalue weighted by Gasteiger charge is 2.15. The number of methoxy groups -OCH3 is 1. The standard InChI is InChI=1S/C11H10FN3O3S/c1-18-10(17)6-3-7(12)9(16)8(4-6)15-11(19-2)14-5-13/h3-4,16H,1-2H3,(H,14,15). The summed E-state index contributed by atoms with van der Waals surface area (Å²) in [6.07, 6.45) is 3.29. The number of nitriles is 1. The van der Waals surface area contributed by atoms with Crippen molar-refractivity contribution in [2.45, 2.75) is 0 Å². The van der Waals surface area contributed by atoms with E-state index in [1.165, 1.54) is 6.07 Å². The Labute approximate surface area is 112 Å². The van der Waals surface area contributed by atoms with Gasteiger partial charge in [0.25, 0.3) is 0 Å². The number of esters is 1. The lowest BCUT2D eigenvalue weighted by molar-refractivity contribution is 0.0600. The molecule has 0 saturated heterocycles. The third-order valence-corrected chi connectivity index (χ3v) is 2.62. The molecule has 0 aromatic heterocycles. The Bertz CT molecular complexity index is 569. The van der Waals surface area contributed by atoms with Gasteiger partial charge in [-0.05, 0) is 18.4 Å². The molecule has 8 heteroatoms. The maximum Gasteiger partial charge on any atom is 0.338 e. The Morgan fingerprint density at radius 3 is 2.84 bits per heavy atom. The smallest absolute Gasteiger partial charge is 0.338 e. The summed E-state index contributed by atoms with van der Waals surface area (Å²) in [7, 11) is 1.15. The van der Waals surface area contributed by atoms with Crippen LogP contribution in [0.15, 0.2) is 17.1 Å². The first-order valence-electron chi connectivity index (χ1n) is 4.92. The number of aromatic hydroxyl groups is 1. The van der Waals surface area contributed by atoms with Crippen molar-refractivity contribution in [2.75, 3.05) is 13.4 Å². The van der Waals surface area contributed by atoms with Crippen LogP contribution in [0.3, 0.4) is 0 Å². The second kappa shape index (κ2) is 6.61. The van der Waals surface area contributed by atoms with Gasteiger partial charge in [-0.15, -0.1) is 0 Å². The van der Waals surface area contributed by atoms with Gasteiger partial charge in [0.1, 0.15) is 5.69 Å². The van der Waals surface area contributed by atoms with Crippen LogP contribution in [0, 0.1) is 17.3 Å². The molecular formula is C11H10FN3O3S. The predicted molar refractivity (Wildman–Crippen MR) is 68.8 cm³/mol. The fraction of sp³-hybridized carbons (Fsp3) is 0.182. The first-order valence-corrected chi connectivity index (χ1v) is 6.14. The molecular weight excluding hydrogens is 273 g/mol. The molecule has 0 radical (unpaired) electrons. The van der Waals surface area contributed by atoms with Gasteiger partial charge >= 0.3 is 5.97 Å². The molecule has 0 bridgehead atoms. The van der Waals surface area contributed by atoms with E-state index in [1.54, 1.807) is 12.4 Å². The number of hydrogen-bond donors (Lipinski definition) is 2. The third kappa shape index (κ3) is 3.59. The van der Waals surface area contributed by atoms with E-state index in [0.29, 0.717) is 0 Å². The number of thioether (sulfide) groups is 1. The number of carbonyl (C=O) groups excluding carboxylic acids is 1. The second-order valence-electron chi connectivity index (χ2n) is 3.18. The number of nitrogens with one attached hydrogen (secondary N) is 1. The number of ether oxygens (including phenoxy) is 1. The average Bonchev–Trinajstić information content (AvgIpc) is 2.41. The van der Waals surface area contributed by atoms with Crippen LogP contribution < -0.4 is 5.32 Å². The van der Waals surface area contributed by atoms with E-state index in [1.807, 2.05) is 0 Å². The quantitative estimate of drug-likeness (QED) is 0.282. The molecule has 0 heterocycles. The molecule has 0 unspecified atom stereocenters. The first kappa shape index (κ1) is 14.8. The molecule has 2 N–H and O–H groups in total. The van der Waals surface area contributed by atoms with Crippen molar-refractivity contribution >= 4 is 28.6 Å². The molecule has 0 aliphatic carbocycles. The van der Waals surface area contributed by atoms with Crippen molar-refractivity contribution in [1.82, 2.24) is 5.32 Å². The van der Waals surface area contributed by atoms with Crippen LogP contribution in [-0.4, -0.2) is 29.6 Å². The van der Waals surface area contributed by atoms with Crippen LogP contribution in [0.2, 0.25) is 0 Å². The summed E-state index contributed by atoms with van der Waals surface area (Å²) >= 11 is 1.09. The van der Waals surface area contributed by atoms with Crippen LogP contribution >= 0.6 is 11.8 Å². The van der Waals surface area contributed by atoms with Crippen molar-refractivity contribution in [2.24, 2.45) is 4.99 Å². The number of benzene rings is 1. The maximum atomic E-state index is 13.5. The monoisotopic (exact) mass is 283 g/mol. The molecule has 19 heavy (non-hydrogen) atoms. The Morgan fingerprint density at radius 1 is 1.63 bits per heavy atom. The SMILES string of the molecule is COC(=O)c1cc(F)c(O)c(N=C(NC#N)SC)c1. The third-order valence-electron chi connectivity index (χ3n) is 2.04. The molecule has 1 aromatic rings. The molecule has 0 fully saturated rings. The van der Waals surface area contributed by atoms with Crippen molar-refractivity contribution in [3.63, 3.8) is 0 Å². The summed E-state index contributed by atoms with van der Waals surface area (Å²) in [5.41, 5.74) is -0.263. The van der Waals surface area contributed by atoms with Gasteiger partial charge in [-0.3, -0.25) is 5.32 Å². The molecule has 100 valence electrons. The summed E-state index contributed by atoms with van der Waals surface area (Å²) in [6.45, 7) is 0. The lowest BCUT2D eigenvalue weighted by Crippen LogP contribution is -2.12. The van der Waals surface area contributed by atoms with Crippen LogP contribution in [0.4, 0.5) is 10.1 Å². The van der Waals surface area contributed by atoms with Gasteiger partial charge in [-0.1, -0.05) is 11.8 Å². The zero-order chi connectivity index (χ0) is 14.4. The number of halogens is 1. The number of nitrogens with zero attached hydrogens (tertiary/aromatic N) is 2. The van der Waals surface area contributed by atoms with Crippen molar-refractivity contribution in [1.29, 1.82) is 5.26 Å². The summed E-state index contributed by atoms with van der Waals surface area (Å²) in [5.74, 6) is -2.47. The van der Waals surface area contributed by atoms with Crippen LogP contribution in [0.1, 0.15) is 10.4 Å². The normalized spacial score (nSPS) is 10.7. The Balaban J connectivity index is 3.30. The summed E-state index contributed by atoms with van der Waals surface area (Å²) in [4.78, 5) is 15.2. The predicted octanol–water partition coefficient (Wildman–Crippen LogP) is 1.74. The zero-order valence-electron chi connectivity index (χ0n) is 10.1. The lowest BCUT2D eigenvalue weighted by atomic mass is 10.2. The van der Waals surface area contributed by atoms with E-state index in [-0.39, 0.29) is 16.4 Å². The average molecular weight is 283 g/mol. The highest BCUT2D eigenvalue weighted by Crippen LogP contribution is 2.31. The summed E-state index contributed by atoms with van der Waals surface area (Å²) in [5, 5.41) is 20.4. The molecule has 0 aliphatic heterocycles. The number of carbonyl (C=O) groups is 1. The molecule has 1 rings (SSSR count). The highest BCUT2D eigenvalue weighted by molar-refractivity contribution is 8.13. The molecule has 0 aliphatic rings. The Kier molecular flexibility index (Phi) is 5.14. The van der Waals surface area contributed by atoms with Gasteiger partial charge in [0.2, 0.25) is 0 Å². The number of rotatable bonds is 2. The van der Waals surface area contributed by atoms with E-state index >= 15 is 0 Å². The van der Waals surface area contributed by atoms with Crippen LogP contribution in [0.5, 0.6) is 5.75 Å². The number of aliphatic imine (C=N–C) groups is 1. The van der Waals surface area contributed by atoms with Gasteiger partial charge in [0, 0.05) is 0 Å². The molecule has 0 spiro atoms. The van der Waals surface area contributed by atoms with Gasteiger partial charge in [-0.2, -0.15) is 5.26 Å². The minimum atomic E-state index is -1.00. The number of phenolic OH excluding ortho intramolecular Hbond substituents is 1. The van der Waals surface area contributed by atoms with E-state index in [2.05, 4.69) is 15.0 Å². The second-order valence-corrected chi connectivity index (χ2v) is 3.97. The zero-order valence-corrected chi connectivity index (χ0v) is 10.9. The van der Waals surface area contributed by atoms with E-state index < -0.39 is 17.5 Å².